The van der Waals surface area contributed by atoms with Crippen molar-refractivity contribution in [1.29, 1.82) is 10.8 Å². The smallest absolute Gasteiger partial charge is 0.268 e. The molecule has 0 atom stereocenters. The number of rotatable bonds is 0. The Labute approximate surface area is 57.7 Å². The number of hydrogen-bond donors (Lipinski definition) is 1. The summed E-state index contributed by atoms with van der Waals surface area (Å²) < 4.78 is 0. The zero-order valence-electron chi connectivity index (χ0n) is 5.48. The monoisotopic (exact) mass is 141 g/mol. The van der Waals surface area contributed by atoms with E-state index in [1.807, 2.05) is 0 Å². The molecule has 0 saturated carbocycles. The van der Waals surface area contributed by atoms with Crippen LogP contribution in [0.3, 0.4) is 0 Å². The number of carbonyl (C=O) groups excluding carboxylic acids is 1. The molecular formula is C4H7N5O. The summed E-state index contributed by atoms with van der Waals surface area (Å²) >= 11 is 0. The summed E-state index contributed by atoms with van der Waals surface area (Å²) in [6.45, 7) is 0.325. The van der Waals surface area contributed by atoms with Gasteiger partial charge in [0.05, 0.1) is 0 Å². The largest absolute Gasteiger partial charge is 0.369 e. The minimum atomic E-state index is -0.162. The van der Waals surface area contributed by atoms with Gasteiger partial charge in [0.1, 0.15) is 6.54 Å². The molecule has 1 aliphatic heterocycles. The molecule has 1 rings (SSSR count). The molecule has 0 unspecified atom stereocenters. The van der Waals surface area contributed by atoms with Crippen LogP contribution in [0, 0.1) is 10.8 Å². The van der Waals surface area contributed by atoms with Gasteiger partial charge < -0.3 is 10.6 Å². The Balaban J connectivity index is 0.000000371. The molecule has 10 heavy (non-hydrogen) atoms. The fraction of sp³-hybridized carbons (Fsp3) is 0.500. The number of guanidine groups is 1. The molecular weight excluding hydrogens is 134 g/mol. The van der Waals surface area contributed by atoms with Gasteiger partial charge >= 0.3 is 0 Å². The number of nitrogens with two attached hydrogens (primary N) is 1. The van der Waals surface area contributed by atoms with Gasteiger partial charge in [0.25, 0.3) is 5.91 Å². The van der Waals surface area contributed by atoms with E-state index in [0.717, 1.165) is 0 Å². The van der Waals surface area contributed by atoms with Gasteiger partial charge in [0, 0.05) is 17.8 Å². The van der Waals surface area contributed by atoms with Crippen LogP contribution in [0.25, 0.3) is 0 Å². The van der Waals surface area contributed by atoms with Crippen molar-refractivity contribution in [3.8, 4) is 0 Å². The minimum absolute atomic E-state index is 0.162. The molecule has 0 aromatic heterocycles. The summed E-state index contributed by atoms with van der Waals surface area (Å²) in [7, 11) is 1.73. The highest BCUT2D eigenvalue weighted by Gasteiger charge is 2.15. The molecule has 6 heteroatoms. The van der Waals surface area contributed by atoms with Gasteiger partial charge in [0.15, 0.2) is 5.96 Å². The highest BCUT2D eigenvalue weighted by molar-refractivity contribution is 5.99. The average molecular weight is 141 g/mol. The molecule has 0 saturated heterocycles. The molecule has 0 bridgehead atoms. The highest BCUT2D eigenvalue weighted by Crippen LogP contribution is 1.92. The zero-order chi connectivity index (χ0) is 8.15. The Hall–Kier alpha value is -1.64. The third-order valence-corrected chi connectivity index (χ3v) is 1.00. The van der Waals surface area contributed by atoms with E-state index in [9.17, 15) is 4.79 Å². The van der Waals surface area contributed by atoms with Gasteiger partial charge in [-0.05, 0) is 0 Å². The summed E-state index contributed by atoms with van der Waals surface area (Å²) in [5.74, 6) is 0.153. The maximum atomic E-state index is 10.4. The van der Waals surface area contributed by atoms with Crippen molar-refractivity contribution in [2.24, 2.45) is 10.7 Å². The number of hydrogen-bond acceptors (Lipinski definition) is 5. The van der Waals surface area contributed by atoms with Crippen molar-refractivity contribution in [3.63, 3.8) is 0 Å². The Morgan fingerprint density at radius 2 is 2.20 bits per heavy atom. The standard InChI is InChI=1S/C4H7N3O.N2/c1-7-2-3(8)6-4(7)5;1-2/h2H2,1H3,(H2,5,6,8);. The van der Waals surface area contributed by atoms with Crippen molar-refractivity contribution < 1.29 is 4.79 Å². The molecule has 0 aliphatic carbocycles. The second-order valence-corrected chi connectivity index (χ2v) is 1.72. The van der Waals surface area contributed by atoms with Crippen LogP contribution in [0.5, 0.6) is 0 Å². The Morgan fingerprint density at radius 3 is 2.30 bits per heavy atom. The molecule has 54 valence electrons. The Bertz CT molecular complexity index is 183. The van der Waals surface area contributed by atoms with Crippen LogP contribution in [-0.2, 0) is 4.79 Å². The lowest BCUT2D eigenvalue weighted by Crippen LogP contribution is -2.29. The van der Waals surface area contributed by atoms with Crippen LogP contribution < -0.4 is 5.73 Å². The maximum absolute atomic E-state index is 10.4. The second-order valence-electron chi connectivity index (χ2n) is 1.72. The molecule has 0 aromatic rings. The molecule has 6 nitrogen and oxygen atoms in total. The molecule has 0 radical (unpaired) electrons. The van der Waals surface area contributed by atoms with E-state index in [2.05, 4.69) is 4.99 Å². The maximum Gasteiger partial charge on any atom is 0.268 e. The highest BCUT2D eigenvalue weighted by atomic mass is 16.2. The second kappa shape index (κ2) is 3.40. The lowest BCUT2D eigenvalue weighted by molar-refractivity contribution is -0.116. The molecule has 0 spiro atoms. The number of amides is 1. The van der Waals surface area contributed by atoms with Crippen molar-refractivity contribution in [2.45, 2.75) is 0 Å². The van der Waals surface area contributed by atoms with E-state index >= 15 is 0 Å². The van der Waals surface area contributed by atoms with Crippen LogP contribution in [0.2, 0.25) is 0 Å². The van der Waals surface area contributed by atoms with Gasteiger partial charge in [-0.1, -0.05) is 0 Å². The SMILES string of the molecule is CN1CC(=O)N=C1N.N#N. The molecule has 2 N–H and O–H groups in total. The van der Waals surface area contributed by atoms with Gasteiger partial charge in [-0.2, -0.15) is 4.99 Å². The molecule has 0 aromatic carbocycles. The van der Waals surface area contributed by atoms with Gasteiger partial charge in [-0.15, -0.1) is 0 Å². The fourth-order valence-corrected chi connectivity index (χ4v) is 0.532. The lowest BCUT2D eigenvalue weighted by atomic mass is 10.6. The van der Waals surface area contributed by atoms with E-state index in [1.165, 1.54) is 0 Å². The van der Waals surface area contributed by atoms with E-state index < -0.39 is 0 Å². The first kappa shape index (κ1) is 8.36. The molecule has 1 heterocycles. The normalized spacial score (nSPS) is 15.7. The summed E-state index contributed by atoms with van der Waals surface area (Å²) in [6, 6.07) is 0. The van der Waals surface area contributed by atoms with Gasteiger partial charge in [-0.25, -0.2) is 0 Å². The lowest BCUT2D eigenvalue weighted by Gasteiger charge is -2.05. The van der Waals surface area contributed by atoms with E-state index in [1.54, 1.807) is 11.9 Å². The van der Waals surface area contributed by atoms with Crippen LogP contribution in [0.4, 0.5) is 0 Å². The molecule has 0 fully saturated rings. The number of likely N-dealkylation sites (N-methyl/N-ethyl adjacent to an activating group) is 1. The van der Waals surface area contributed by atoms with Crippen molar-refractivity contribution in [1.82, 2.24) is 4.90 Å². The van der Waals surface area contributed by atoms with Crippen molar-refractivity contribution >= 4 is 11.9 Å². The van der Waals surface area contributed by atoms with Crippen LogP contribution in [-0.4, -0.2) is 30.4 Å². The summed E-state index contributed by atoms with van der Waals surface area (Å²) in [4.78, 5) is 15.4. The van der Waals surface area contributed by atoms with Gasteiger partial charge in [0.2, 0.25) is 0 Å². The van der Waals surface area contributed by atoms with Gasteiger partial charge in [-0.3, -0.25) is 4.79 Å². The van der Waals surface area contributed by atoms with Crippen molar-refractivity contribution in [3.05, 3.63) is 0 Å². The van der Waals surface area contributed by atoms with E-state index in [-0.39, 0.29) is 5.91 Å². The predicted molar refractivity (Wildman–Crippen MR) is 32.7 cm³/mol. The number of nitrogens with zero attached hydrogens (tertiary/aromatic N) is 4. The topological polar surface area (TPSA) is 106 Å². The first-order chi connectivity index (χ1) is 4.70. The minimum Gasteiger partial charge on any atom is -0.369 e. The molecule has 1 aliphatic rings. The number of carbonyl (C=O) groups is 1. The average Bonchev–Trinajstić information content (AvgIpc) is 2.16. The third-order valence-electron chi connectivity index (χ3n) is 1.00. The van der Waals surface area contributed by atoms with E-state index in [4.69, 9.17) is 16.5 Å². The fourth-order valence-electron chi connectivity index (χ4n) is 0.532. The van der Waals surface area contributed by atoms with Crippen LogP contribution in [0.15, 0.2) is 4.99 Å². The third kappa shape index (κ3) is 1.70. The Morgan fingerprint density at radius 1 is 1.70 bits per heavy atom. The zero-order valence-corrected chi connectivity index (χ0v) is 5.48. The quantitative estimate of drug-likeness (QED) is 0.426. The first-order valence-corrected chi connectivity index (χ1v) is 2.48. The molecule has 1 amide bonds. The predicted octanol–water partition coefficient (Wildman–Crippen LogP) is -1.20. The summed E-state index contributed by atoms with van der Waals surface area (Å²) in [5.41, 5.74) is 5.22. The van der Waals surface area contributed by atoms with Crippen molar-refractivity contribution in [2.75, 3.05) is 13.6 Å². The summed E-state index contributed by atoms with van der Waals surface area (Å²) in [5, 5.41) is 12.0. The van der Waals surface area contributed by atoms with E-state index in [0.29, 0.717) is 12.5 Å². The first-order valence-electron chi connectivity index (χ1n) is 2.48. The number of aliphatic imine (C=N–C) groups is 1. The van der Waals surface area contributed by atoms with Crippen LogP contribution in [0.1, 0.15) is 0 Å². The summed E-state index contributed by atoms with van der Waals surface area (Å²) in [6.07, 6.45) is 0. The van der Waals surface area contributed by atoms with Crippen LogP contribution >= 0.6 is 0 Å². The Kier molecular flexibility index (Phi) is 2.84.